The van der Waals surface area contributed by atoms with E-state index >= 15 is 0 Å². The Morgan fingerprint density at radius 3 is 2.82 bits per heavy atom. The van der Waals surface area contributed by atoms with Crippen LogP contribution < -0.4 is 0 Å². The third-order valence-corrected chi connectivity index (χ3v) is 2.25. The van der Waals surface area contributed by atoms with Gasteiger partial charge in [0, 0.05) is 6.08 Å². The maximum atomic E-state index is 11.2. The van der Waals surface area contributed by atoms with E-state index in [2.05, 4.69) is 0 Å². The molecule has 3 nitrogen and oxygen atoms in total. The van der Waals surface area contributed by atoms with Crippen LogP contribution in [0.25, 0.3) is 6.08 Å². The molecule has 1 aromatic rings. The van der Waals surface area contributed by atoms with Gasteiger partial charge in [0.25, 0.3) is 0 Å². The number of hydrogen-bond acceptors (Lipinski definition) is 3. The van der Waals surface area contributed by atoms with Gasteiger partial charge in [-0.25, -0.2) is 4.79 Å². The summed E-state index contributed by atoms with van der Waals surface area (Å²) in [5.74, 6) is -0.335. The number of allylic oxidation sites excluding steroid dienone is 2. The van der Waals surface area contributed by atoms with Crippen LogP contribution in [0.2, 0.25) is 0 Å². The molecular formula is C14H14O3. The largest absolute Gasteiger partial charge is 0.460 e. The lowest BCUT2D eigenvalue weighted by molar-refractivity contribution is -0.138. The highest BCUT2D eigenvalue weighted by molar-refractivity contribution is 5.82. The van der Waals surface area contributed by atoms with Crippen LogP contribution in [0.1, 0.15) is 5.56 Å². The number of carbonyl (C=O) groups excluding carboxylic acids is 1. The molecule has 0 amide bonds. The zero-order chi connectivity index (χ0) is 11.9. The number of esters is 1. The van der Waals surface area contributed by atoms with Crippen LogP contribution in [0.15, 0.2) is 48.6 Å². The summed E-state index contributed by atoms with van der Waals surface area (Å²) in [6.45, 7) is 1.05. The van der Waals surface area contributed by atoms with Gasteiger partial charge in [0.1, 0.15) is 12.7 Å². The molecule has 1 fully saturated rings. The highest BCUT2D eigenvalue weighted by atomic mass is 16.6. The average Bonchev–Trinajstić information content (AvgIpc) is 3.17. The molecule has 1 aliphatic rings. The van der Waals surface area contributed by atoms with E-state index < -0.39 is 0 Å². The normalized spacial score (nSPS) is 18.7. The Bertz CT molecular complexity index is 416. The van der Waals surface area contributed by atoms with E-state index in [1.165, 1.54) is 6.08 Å². The van der Waals surface area contributed by atoms with Gasteiger partial charge < -0.3 is 9.47 Å². The van der Waals surface area contributed by atoms with Crippen molar-refractivity contribution in [3.8, 4) is 0 Å². The number of rotatable bonds is 5. The molecule has 17 heavy (non-hydrogen) atoms. The van der Waals surface area contributed by atoms with Gasteiger partial charge in [0.05, 0.1) is 6.61 Å². The Hall–Kier alpha value is -1.87. The predicted octanol–water partition coefficient (Wildman–Crippen LogP) is 2.20. The second kappa shape index (κ2) is 6.01. The summed E-state index contributed by atoms with van der Waals surface area (Å²) in [5.41, 5.74) is 1.09. The van der Waals surface area contributed by atoms with E-state index in [0.717, 1.165) is 5.56 Å². The molecule has 3 heteroatoms. The molecular weight excluding hydrogens is 216 g/mol. The molecule has 0 radical (unpaired) electrons. The molecule has 1 aromatic carbocycles. The van der Waals surface area contributed by atoms with Crippen LogP contribution in [0.4, 0.5) is 0 Å². The molecule has 88 valence electrons. The molecule has 1 atom stereocenters. The van der Waals surface area contributed by atoms with Gasteiger partial charge in [0.15, 0.2) is 0 Å². The van der Waals surface area contributed by atoms with Crippen LogP contribution in [0.5, 0.6) is 0 Å². The fourth-order valence-corrected chi connectivity index (χ4v) is 1.25. The van der Waals surface area contributed by atoms with Crippen LogP contribution in [-0.2, 0) is 14.3 Å². The monoisotopic (exact) mass is 230 g/mol. The third-order valence-electron chi connectivity index (χ3n) is 2.25. The van der Waals surface area contributed by atoms with Crippen molar-refractivity contribution in [2.45, 2.75) is 6.10 Å². The van der Waals surface area contributed by atoms with E-state index in [4.69, 9.17) is 9.47 Å². The van der Waals surface area contributed by atoms with Gasteiger partial charge in [-0.3, -0.25) is 0 Å². The Labute approximate surface area is 100 Å². The lowest BCUT2D eigenvalue weighted by Gasteiger charge is -1.95. The van der Waals surface area contributed by atoms with Gasteiger partial charge in [-0.2, -0.15) is 0 Å². The molecule has 2 rings (SSSR count). The standard InChI is InChI=1S/C14H14O3/c15-14(17-11-13-10-16-13)9-5-4-8-12-6-2-1-3-7-12/h1-9,13H,10-11H2. The third kappa shape index (κ3) is 4.66. The van der Waals surface area contributed by atoms with Gasteiger partial charge in [-0.1, -0.05) is 48.6 Å². The summed E-state index contributed by atoms with van der Waals surface area (Å²) >= 11 is 0. The maximum Gasteiger partial charge on any atom is 0.330 e. The first-order chi connectivity index (χ1) is 8.34. The van der Waals surface area contributed by atoms with Gasteiger partial charge in [-0.15, -0.1) is 0 Å². The van der Waals surface area contributed by atoms with Crippen LogP contribution >= 0.6 is 0 Å². The van der Waals surface area contributed by atoms with Crippen LogP contribution in [0.3, 0.4) is 0 Å². The van der Waals surface area contributed by atoms with Gasteiger partial charge in [-0.05, 0) is 5.56 Å². The Kier molecular flexibility index (Phi) is 4.11. The van der Waals surface area contributed by atoms with E-state index in [9.17, 15) is 4.79 Å². The second-order valence-electron chi connectivity index (χ2n) is 3.71. The number of hydrogen-bond donors (Lipinski definition) is 0. The fraction of sp³-hybridized carbons (Fsp3) is 0.214. The highest BCUT2D eigenvalue weighted by Gasteiger charge is 2.23. The number of ether oxygens (including phenoxy) is 2. The van der Waals surface area contributed by atoms with Crippen molar-refractivity contribution in [1.82, 2.24) is 0 Å². The summed E-state index contributed by atoms with van der Waals surface area (Å²) < 4.78 is 9.86. The van der Waals surface area contributed by atoms with Crippen LogP contribution in [0, 0.1) is 0 Å². The first-order valence-corrected chi connectivity index (χ1v) is 5.53. The van der Waals surface area contributed by atoms with Gasteiger partial charge >= 0.3 is 5.97 Å². The molecule has 0 aromatic heterocycles. The SMILES string of the molecule is O=C(C=CC=Cc1ccccc1)OCC1CO1. The smallest absolute Gasteiger partial charge is 0.330 e. The first kappa shape index (κ1) is 11.6. The second-order valence-corrected chi connectivity index (χ2v) is 3.71. The molecule has 1 aliphatic heterocycles. The number of carbonyl (C=O) groups is 1. The molecule has 1 unspecified atom stereocenters. The summed E-state index contributed by atoms with van der Waals surface area (Å²) in [6, 6.07) is 9.88. The van der Waals surface area contributed by atoms with Crippen molar-refractivity contribution >= 4 is 12.0 Å². The fourth-order valence-electron chi connectivity index (χ4n) is 1.25. The summed E-state index contributed by atoms with van der Waals surface area (Å²) in [4.78, 5) is 11.2. The Morgan fingerprint density at radius 2 is 2.12 bits per heavy atom. The van der Waals surface area contributed by atoms with Crippen LogP contribution in [-0.4, -0.2) is 25.3 Å². The van der Waals surface area contributed by atoms with Crippen molar-refractivity contribution in [2.24, 2.45) is 0 Å². The van der Waals surface area contributed by atoms with Crippen molar-refractivity contribution < 1.29 is 14.3 Å². The molecule has 0 spiro atoms. The quantitative estimate of drug-likeness (QED) is 0.337. The summed E-state index contributed by atoms with van der Waals surface area (Å²) in [5, 5.41) is 0. The highest BCUT2D eigenvalue weighted by Crippen LogP contribution is 2.08. The number of epoxide rings is 1. The molecule has 1 heterocycles. The molecule has 0 saturated carbocycles. The van der Waals surface area contributed by atoms with Crippen molar-refractivity contribution in [1.29, 1.82) is 0 Å². The zero-order valence-electron chi connectivity index (χ0n) is 9.41. The van der Waals surface area contributed by atoms with Crippen molar-refractivity contribution in [2.75, 3.05) is 13.2 Å². The minimum atomic E-state index is -0.335. The Balaban J connectivity index is 1.72. The molecule has 0 N–H and O–H groups in total. The average molecular weight is 230 g/mol. The van der Waals surface area contributed by atoms with E-state index in [-0.39, 0.29) is 12.1 Å². The zero-order valence-corrected chi connectivity index (χ0v) is 9.41. The lowest BCUT2D eigenvalue weighted by Crippen LogP contribution is -2.06. The predicted molar refractivity (Wildman–Crippen MR) is 65.3 cm³/mol. The van der Waals surface area contributed by atoms with Gasteiger partial charge in [0.2, 0.25) is 0 Å². The minimum Gasteiger partial charge on any atom is -0.460 e. The molecule has 1 saturated heterocycles. The molecule has 0 bridgehead atoms. The lowest BCUT2D eigenvalue weighted by atomic mass is 10.2. The number of benzene rings is 1. The summed E-state index contributed by atoms with van der Waals surface area (Å²) in [7, 11) is 0. The molecule has 0 aliphatic carbocycles. The van der Waals surface area contributed by atoms with E-state index in [1.807, 2.05) is 42.5 Å². The maximum absolute atomic E-state index is 11.2. The Morgan fingerprint density at radius 1 is 1.35 bits per heavy atom. The minimum absolute atomic E-state index is 0.118. The van der Waals surface area contributed by atoms with Crippen molar-refractivity contribution in [3.05, 3.63) is 54.1 Å². The summed E-state index contributed by atoms with van der Waals surface area (Å²) in [6.07, 6.45) is 6.93. The van der Waals surface area contributed by atoms with E-state index in [0.29, 0.717) is 13.2 Å². The first-order valence-electron chi connectivity index (χ1n) is 5.53. The van der Waals surface area contributed by atoms with E-state index in [1.54, 1.807) is 6.08 Å². The van der Waals surface area contributed by atoms with Crippen molar-refractivity contribution in [3.63, 3.8) is 0 Å². The topological polar surface area (TPSA) is 38.8 Å².